The molecule has 0 aliphatic carbocycles. The minimum absolute atomic E-state index is 0.117. The Balaban J connectivity index is 1.67. The van der Waals surface area contributed by atoms with E-state index in [1.807, 2.05) is 0 Å². The van der Waals surface area contributed by atoms with Crippen molar-refractivity contribution in [2.75, 3.05) is 19.0 Å². The molecule has 0 radical (unpaired) electrons. The number of nitrogens with zero attached hydrogens (tertiary/aromatic N) is 1. The molecule has 0 aromatic heterocycles. The summed E-state index contributed by atoms with van der Waals surface area (Å²) in [6, 6.07) is 11.6. The van der Waals surface area contributed by atoms with E-state index in [4.69, 9.17) is 27.9 Å². The number of hydrogen-bond acceptors (Lipinski definition) is 3. The Bertz CT molecular complexity index is 840. The Morgan fingerprint density at radius 3 is 2.63 bits per heavy atom. The number of rotatable bonds is 5. The molecule has 2 aromatic rings. The van der Waals surface area contributed by atoms with Crippen LogP contribution in [0.5, 0.6) is 5.75 Å². The highest BCUT2D eigenvalue weighted by molar-refractivity contribution is 6.33. The van der Waals surface area contributed by atoms with Crippen LogP contribution in [-0.2, 0) is 16.0 Å². The summed E-state index contributed by atoms with van der Waals surface area (Å²) in [5, 5.41) is 3.89. The van der Waals surface area contributed by atoms with E-state index >= 15 is 0 Å². The summed E-state index contributed by atoms with van der Waals surface area (Å²) in [5.74, 6) is 0.388. The first-order valence-corrected chi connectivity index (χ1v) is 9.42. The third-order valence-corrected chi connectivity index (χ3v) is 5.19. The maximum atomic E-state index is 12.8. The van der Waals surface area contributed by atoms with Gasteiger partial charge in [-0.15, -0.1) is 0 Å². The molecule has 1 aliphatic rings. The van der Waals surface area contributed by atoms with E-state index in [2.05, 4.69) is 5.32 Å². The SMILES string of the molecule is COc1ccc(NC(=O)C2CCCN2C(=O)Cc2cc(Cl)ccc2Cl)cc1. The number of likely N-dealkylation sites (tertiary alicyclic amines) is 1. The van der Waals surface area contributed by atoms with Crippen molar-refractivity contribution in [2.45, 2.75) is 25.3 Å². The first kappa shape index (κ1) is 19.5. The van der Waals surface area contributed by atoms with E-state index in [1.54, 1.807) is 54.5 Å². The molecule has 1 saturated heterocycles. The van der Waals surface area contributed by atoms with Crippen LogP contribution in [0.25, 0.3) is 0 Å². The van der Waals surface area contributed by atoms with Crippen LogP contribution in [0.4, 0.5) is 5.69 Å². The fraction of sp³-hybridized carbons (Fsp3) is 0.300. The molecular weight excluding hydrogens is 387 g/mol. The zero-order valence-corrected chi connectivity index (χ0v) is 16.4. The van der Waals surface area contributed by atoms with Gasteiger partial charge < -0.3 is 15.0 Å². The predicted molar refractivity (Wildman–Crippen MR) is 107 cm³/mol. The molecule has 0 bridgehead atoms. The molecule has 2 aromatic carbocycles. The van der Waals surface area contributed by atoms with Crippen molar-refractivity contribution < 1.29 is 14.3 Å². The molecule has 1 aliphatic heterocycles. The third-order valence-electron chi connectivity index (χ3n) is 4.58. The van der Waals surface area contributed by atoms with E-state index in [9.17, 15) is 9.59 Å². The Kier molecular flexibility index (Phi) is 6.24. The van der Waals surface area contributed by atoms with Crippen molar-refractivity contribution >= 4 is 40.7 Å². The largest absolute Gasteiger partial charge is 0.497 e. The number of benzene rings is 2. The standard InChI is InChI=1S/C20H20Cl2N2O3/c1-27-16-7-5-15(6-8-16)23-20(26)18-3-2-10-24(18)19(25)12-13-11-14(21)4-9-17(13)22/h4-9,11,18H,2-3,10,12H2,1H3,(H,23,26). The quantitative estimate of drug-likeness (QED) is 0.809. The van der Waals surface area contributed by atoms with Gasteiger partial charge in [-0.2, -0.15) is 0 Å². The van der Waals surface area contributed by atoms with E-state index in [0.717, 1.165) is 6.42 Å². The van der Waals surface area contributed by atoms with E-state index in [1.165, 1.54) is 0 Å². The molecule has 1 unspecified atom stereocenters. The fourth-order valence-electron chi connectivity index (χ4n) is 3.18. The number of carbonyl (C=O) groups is 2. The number of carbonyl (C=O) groups excluding carboxylic acids is 2. The number of methoxy groups -OCH3 is 1. The smallest absolute Gasteiger partial charge is 0.247 e. The summed E-state index contributed by atoms with van der Waals surface area (Å²) in [6.45, 7) is 0.553. The van der Waals surface area contributed by atoms with Gasteiger partial charge in [0, 0.05) is 22.3 Å². The fourth-order valence-corrected chi connectivity index (χ4v) is 3.56. The average Bonchev–Trinajstić information content (AvgIpc) is 3.15. The summed E-state index contributed by atoms with van der Waals surface area (Å²) in [5.41, 5.74) is 1.33. The second-order valence-corrected chi connectivity index (χ2v) is 7.22. The van der Waals surface area contributed by atoms with Crippen molar-refractivity contribution in [1.29, 1.82) is 0 Å². The Hall–Kier alpha value is -2.24. The predicted octanol–water partition coefficient (Wildman–Crippen LogP) is 4.17. The molecule has 1 N–H and O–H groups in total. The summed E-state index contributed by atoms with van der Waals surface area (Å²) < 4.78 is 5.11. The first-order valence-electron chi connectivity index (χ1n) is 8.66. The zero-order chi connectivity index (χ0) is 19.4. The Morgan fingerprint density at radius 2 is 1.93 bits per heavy atom. The van der Waals surface area contributed by atoms with E-state index in [-0.39, 0.29) is 18.2 Å². The highest BCUT2D eigenvalue weighted by Crippen LogP contribution is 2.25. The van der Waals surface area contributed by atoms with Crippen LogP contribution < -0.4 is 10.1 Å². The molecular formula is C20H20Cl2N2O3. The lowest BCUT2D eigenvalue weighted by Crippen LogP contribution is -2.43. The molecule has 27 heavy (non-hydrogen) atoms. The Labute approximate surface area is 168 Å². The van der Waals surface area contributed by atoms with E-state index in [0.29, 0.717) is 40.0 Å². The number of hydrogen-bond donors (Lipinski definition) is 1. The Morgan fingerprint density at radius 1 is 1.19 bits per heavy atom. The summed E-state index contributed by atoms with van der Waals surface area (Å²) >= 11 is 12.2. The highest BCUT2D eigenvalue weighted by Gasteiger charge is 2.34. The lowest BCUT2D eigenvalue weighted by Gasteiger charge is -2.24. The molecule has 2 amide bonds. The molecule has 142 valence electrons. The molecule has 0 spiro atoms. The molecule has 1 heterocycles. The van der Waals surface area contributed by atoms with Crippen molar-refractivity contribution in [1.82, 2.24) is 4.90 Å². The van der Waals surface area contributed by atoms with Crippen molar-refractivity contribution in [3.05, 3.63) is 58.1 Å². The zero-order valence-electron chi connectivity index (χ0n) is 14.9. The molecule has 3 rings (SSSR count). The topological polar surface area (TPSA) is 58.6 Å². The van der Waals surface area contributed by atoms with Crippen LogP contribution in [0.15, 0.2) is 42.5 Å². The van der Waals surface area contributed by atoms with Gasteiger partial charge in [0.05, 0.1) is 13.5 Å². The first-order chi connectivity index (χ1) is 13.0. The van der Waals surface area contributed by atoms with Crippen molar-refractivity contribution in [3.63, 3.8) is 0 Å². The van der Waals surface area contributed by atoms with Crippen LogP contribution >= 0.6 is 23.2 Å². The molecule has 1 fully saturated rings. The number of nitrogens with one attached hydrogen (secondary N) is 1. The van der Waals surface area contributed by atoms with Gasteiger partial charge in [0.15, 0.2) is 0 Å². The number of anilines is 1. The van der Waals surface area contributed by atoms with Crippen molar-refractivity contribution in [2.24, 2.45) is 0 Å². The number of halogens is 2. The maximum absolute atomic E-state index is 12.8. The molecule has 7 heteroatoms. The van der Waals surface area contributed by atoms with Gasteiger partial charge in [0.2, 0.25) is 11.8 Å². The van der Waals surface area contributed by atoms with Gasteiger partial charge >= 0.3 is 0 Å². The lowest BCUT2D eigenvalue weighted by atomic mass is 10.1. The van der Waals surface area contributed by atoms with Crippen LogP contribution in [-0.4, -0.2) is 36.4 Å². The minimum atomic E-state index is -0.488. The lowest BCUT2D eigenvalue weighted by molar-refractivity contribution is -0.136. The second-order valence-electron chi connectivity index (χ2n) is 6.38. The number of amides is 2. The van der Waals surface area contributed by atoms with Crippen LogP contribution in [0.2, 0.25) is 10.0 Å². The van der Waals surface area contributed by atoms with Gasteiger partial charge in [-0.25, -0.2) is 0 Å². The van der Waals surface area contributed by atoms with Crippen LogP contribution in [0.3, 0.4) is 0 Å². The van der Waals surface area contributed by atoms with Gasteiger partial charge in [0.1, 0.15) is 11.8 Å². The summed E-state index contributed by atoms with van der Waals surface area (Å²) in [6.07, 6.45) is 1.54. The molecule has 1 atom stereocenters. The molecule has 0 saturated carbocycles. The highest BCUT2D eigenvalue weighted by atomic mass is 35.5. The molecule has 5 nitrogen and oxygen atoms in total. The summed E-state index contributed by atoms with van der Waals surface area (Å²) in [7, 11) is 1.59. The second kappa shape index (κ2) is 8.63. The van der Waals surface area contributed by atoms with Crippen molar-refractivity contribution in [3.8, 4) is 5.75 Å². The average molecular weight is 407 g/mol. The minimum Gasteiger partial charge on any atom is -0.497 e. The van der Waals surface area contributed by atoms with Gasteiger partial charge in [-0.1, -0.05) is 23.2 Å². The summed E-state index contributed by atoms with van der Waals surface area (Å²) in [4.78, 5) is 27.1. The van der Waals surface area contributed by atoms with Crippen LogP contribution in [0.1, 0.15) is 18.4 Å². The van der Waals surface area contributed by atoms with Gasteiger partial charge in [-0.05, 0) is 60.9 Å². The maximum Gasteiger partial charge on any atom is 0.247 e. The normalized spacial score (nSPS) is 16.3. The monoisotopic (exact) mass is 406 g/mol. The number of ether oxygens (including phenoxy) is 1. The van der Waals surface area contributed by atoms with Crippen LogP contribution in [0, 0.1) is 0 Å². The van der Waals surface area contributed by atoms with Gasteiger partial charge in [-0.3, -0.25) is 9.59 Å². The third kappa shape index (κ3) is 4.73. The van der Waals surface area contributed by atoms with Gasteiger partial charge in [0.25, 0.3) is 0 Å². The van der Waals surface area contributed by atoms with E-state index < -0.39 is 6.04 Å².